The summed E-state index contributed by atoms with van der Waals surface area (Å²) in [6.45, 7) is 2.92. The zero-order valence-corrected chi connectivity index (χ0v) is 12.5. The van der Waals surface area contributed by atoms with E-state index in [0.717, 1.165) is 6.42 Å². The number of rotatable bonds is 5. The minimum Gasteiger partial charge on any atom is -0.346 e. The van der Waals surface area contributed by atoms with Gasteiger partial charge in [-0.2, -0.15) is 0 Å². The summed E-state index contributed by atoms with van der Waals surface area (Å²) in [4.78, 5) is 16.2. The third-order valence-corrected chi connectivity index (χ3v) is 3.55. The molecule has 0 fully saturated rings. The quantitative estimate of drug-likeness (QED) is 0.586. The zero-order valence-electron chi connectivity index (χ0n) is 12.5. The molecular weight excluding hydrogens is 302 g/mol. The maximum atomic E-state index is 14.0. The highest BCUT2D eigenvalue weighted by molar-refractivity contribution is 6.03. The number of hydrogen-bond donors (Lipinski definition) is 3. The summed E-state index contributed by atoms with van der Waals surface area (Å²) < 4.78 is 28.0. The van der Waals surface area contributed by atoms with E-state index >= 15 is 0 Å². The summed E-state index contributed by atoms with van der Waals surface area (Å²) in [5, 5.41) is 2.67. The Morgan fingerprint density at radius 3 is 2.70 bits per heavy atom. The van der Waals surface area contributed by atoms with Crippen LogP contribution in [-0.2, 0) is 6.54 Å². The molecule has 1 amide bonds. The Labute approximate surface area is 132 Å². The number of fused-ring (bicyclic) bond motifs is 1. The lowest BCUT2D eigenvalue weighted by atomic mass is 10.1. The Morgan fingerprint density at radius 2 is 2.00 bits per heavy atom. The molecule has 7 heteroatoms. The van der Waals surface area contributed by atoms with E-state index in [0.29, 0.717) is 23.5 Å². The Bertz CT molecular complexity index is 744. The fraction of sp³-hybridized carbons (Fsp3) is 0.250. The van der Waals surface area contributed by atoms with Gasteiger partial charge in [-0.1, -0.05) is 13.0 Å². The first-order valence-corrected chi connectivity index (χ1v) is 7.37. The average molecular weight is 318 g/mol. The molecule has 1 aliphatic heterocycles. The third-order valence-electron chi connectivity index (χ3n) is 3.55. The van der Waals surface area contributed by atoms with Crippen molar-refractivity contribution >= 4 is 11.6 Å². The summed E-state index contributed by atoms with van der Waals surface area (Å²) in [5.41, 5.74) is 7.16. The van der Waals surface area contributed by atoms with Crippen LogP contribution in [-0.4, -0.2) is 17.4 Å². The molecule has 120 valence electrons. The Hall–Kier alpha value is -2.54. The number of hydrazine groups is 1. The van der Waals surface area contributed by atoms with E-state index in [2.05, 4.69) is 21.2 Å². The highest BCUT2D eigenvalue weighted by atomic mass is 19.1. The lowest BCUT2D eigenvalue weighted by molar-refractivity contribution is 0.0966. The number of nitrogens with zero attached hydrogens (tertiary/aromatic N) is 1. The number of hydrogen-bond acceptors (Lipinski definition) is 4. The highest BCUT2D eigenvalue weighted by Gasteiger charge is 2.26. The molecule has 23 heavy (non-hydrogen) atoms. The summed E-state index contributed by atoms with van der Waals surface area (Å²) in [5.74, 6) is -1.64. The van der Waals surface area contributed by atoms with Crippen LogP contribution in [0.2, 0.25) is 0 Å². The topological polar surface area (TPSA) is 66.0 Å². The van der Waals surface area contributed by atoms with Crippen molar-refractivity contribution in [2.45, 2.75) is 19.9 Å². The van der Waals surface area contributed by atoms with E-state index in [-0.39, 0.29) is 23.7 Å². The first kappa shape index (κ1) is 15.4. The van der Waals surface area contributed by atoms with Crippen LogP contribution in [0.5, 0.6) is 0 Å². The van der Waals surface area contributed by atoms with Crippen molar-refractivity contribution < 1.29 is 13.6 Å². The molecule has 0 saturated heterocycles. The van der Waals surface area contributed by atoms with Gasteiger partial charge in [-0.15, -0.1) is 0 Å². The Kier molecular flexibility index (Phi) is 4.20. The second kappa shape index (κ2) is 6.29. The first-order chi connectivity index (χ1) is 11.1. The van der Waals surface area contributed by atoms with E-state index in [4.69, 9.17) is 0 Å². The van der Waals surface area contributed by atoms with Gasteiger partial charge in [0.2, 0.25) is 0 Å². The lowest BCUT2D eigenvalue weighted by Gasteiger charge is -2.13. The van der Waals surface area contributed by atoms with E-state index in [1.54, 1.807) is 0 Å². The monoisotopic (exact) mass is 318 g/mol. The van der Waals surface area contributed by atoms with Crippen LogP contribution in [0.15, 0.2) is 24.3 Å². The third kappa shape index (κ3) is 2.87. The number of carbonyl (C=O) groups is 1. The molecule has 1 aromatic heterocycles. The molecule has 0 radical (unpaired) electrons. The molecule has 3 N–H and O–H groups in total. The van der Waals surface area contributed by atoms with Gasteiger partial charge < -0.3 is 10.7 Å². The van der Waals surface area contributed by atoms with E-state index in [1.165, 1.54) is 24.3 Å². The molecule has 1 aliphatic rings. The minimum atomic E-state index is -0.692. The summed E-state index contributed by atoms with van der Waals surface area (Å²) in [7, 11) is 0. The second-order valence-corrected chi connectivity index (χ2v) is 5.21. The minimum absolute atomic E-state index is 0.150. The number of aromatic nitrogens is 1. The van der Waals surface area contributed by atoms with Crippen LogP contribution >= 0.6 is 0 Å². The number of anilines is 1. The van der Waals surface area contributed by atoms with Crippen molar-refractivity contribution in [3.05, 3.63) is 47.2 Å². The Morgan fingerprint density at radius 1 is 1.26 bits per heavy atom. The maximum Gasteiger partial charge on any atom is 0.255 e. The van der Waals surface area contributed by atoms with Crippen molar-refractivity contribution in [1.29, 1.82) is 0 Å². The number of benzene rings is 1. The van der Waals surface area contributed by atoms with Gasteiger partial charge in [0.05, 0.1) is 34.7 Å². The van der Waals surface area contributed by atoms with Gasteiger partial charge in [0.15, 0.2) is 0 Å². The normalized spacial score (nSPS) is 12.9. The molecule has 0 saturated carbocycles. The molecule has 0 unspecified atom stereocenters. The SMILES string of the molecule is CCCNNc1cc(-c2c(F)cccc2F)nc2c1C(=O)NC2. The van der Waals surface area contributed by atoms with Crippen molar-refractivity contribution in [3.63, 3.8) is 0 Å². The molecular formula is C16H16F2N4O. The van der Waals surface area contributed by atoms with E-state index in [9.17, 15) is 13.6 Å². The maximum absolute atomic E-state index is 14.0. The molecule has 1 aromatic carbocycles. The van der Waals surface area contributed by atoms with Crippen LogP contribution in [0.25, 0.3) is 11.3 Å². The molecule has 0 atom stereocenters. The van der Waals surface area contributed by atoms with Crippen molar-refractivity contribution in [2.75, 3.05) is 12.0 Å². The predicted octanol–water partition coefficient (Wildman–Crippen LogP) is 2.60. The highest BCUT2D eigenvalue weighted by Crippen LogP contribution is 2.31. The van der Waals surface area contributed by atoms with Gasteiger partial charge >= 0.3 is 0 Å². The van der Waals surface area contributed by atoms with Gasteiger partial charge in [-0.05, 0) is 24.6 Å². The van der Waals surface area contributed by atoms with Crippen LogP contribution in [0.3, 0.4) is 0 Å². The summed E-state index contributed by atoms with van der Waals surface area (Å²) in [6, 6.07) is 5.14. The summed E-state index contributed by atoms with van der Waals surface area (Å²) >= 11 is 0. The van der Waals surface area contributed by atoms with Crippen LogP contribution < -0.4 is 16.2 Å². The van der Waals surface area contributed by atoms with Gasteiger partial charge in [-0.25, -0.2) is 19.2 Å². The average Bonchev–Trinajstić information content (AvgIpc) is 2.89. The van der Waals surface area contributed by atoms with Crippen LogP contribution in [0, 0.1) is 11.6 Å². The molecule has 5 nitrogen and oxygen atoms in total. The molecule has 0 bridgehead atoms. The lowest BCUT2D eigenvalue weighted by Crippen LogP contribution is -2.24. The summed E-state index contributed by atoms with van der Waals surface area (Å²) in [6.07, 6.45) is 0.890. The first-order valence-electron chi connectivity index (χ1n) is 7.37. The fourth-order valence-corrected chi connectivity index (χ4v) is 2.48. The van der Waals surface area contributed by atoms with Gasteiger partial charge in [0.25, 0.3) is 5.91 Å². The van der Waals surface area contributed by atoms with Crippen LogP contribution in [0.1, 0.15) is 29.4 Å². The van der Waals surface area contributed by atoms with Crippen molar-refractivity contribution in [1.82, 2.24) is 15.7 Å². The molecule has 2 aromatic rings. The van der Waals surface area contributed by atoms with E-state index in [1.807, 2.05) is 6.92 Å². The molecule has 0 spiro atoms. The number of nitrogens with one attached hydrogen (secondary N) is 3. The zero-order chi connectivity index (χ0) is 16.4. The second-order valence-electron chi connectivity index (χ2n) is 5.21. The number of halogens is 2. The van der Waals surface area contributed by atoms with Crippen molar-refractivity contribution in [3.8, 4) is 11.3 Å². The molecule has 0 aliphatic carbocycles. The van der Waals surface area contributed by atoms with Gasteiger partial charge in [0.1, 0.15) is 11.6 Å². The molecule has 2 heterocycles. The van der Waals surface area contributed by atoms with Gasteiger partial charge in [0, 0.05) is 6.54 Å². The standard InChI is InChI=1S/C16H16F2N4O/c1-2-6-20-22-12-7-11(14-9(17)4-3-5-10(14)18)21-13-8-19-16(23)15(12)13/h3-5,7,20H,2,6,8H2,1H3,(H,19,23)(H,21,22). The van der Waals surface area contributed by atoms with Gasteiger partial charge in [-0.3, -0.25) is 4.79 Å². The Balaban J connectivity index is 2.09. The number of pyridine rings is 1. The molecule has 3 rings (SSSR count). The largest absolute Gasteiger partial charge is 0.346 e. The number of carbonyl (C=O) groups excluding carboxylic acids is 1. The van der Waals surface area contributed by atoms with E-state index < -0.39 is 11.6 Å². The fourth-order valence-electron chi connectivity index (χ4n) is 2.48. The predicted molar refractivity (Wildman–Crippen MR) is 82.7 cm³/mol. The van der Waals surface area contributed by atoms with Crippen LogP contribution in [0.4, 0.5) is 14.5 Å². The van der Waals surface area contributed by atoms with Crippen molar-refractivity contribution in [2.24, 2.45) is 0 Å². The number of amides is 1. The smallest absolute Gasteiger partial charge is 0.255 e.